The first kappa shape index (κ1) is 12.5. The van der Waals surface area contributed by atoms with Crippen molar-refractivity contribution in [3.8, 4) is 0 Å². The van der Waals surface area contributed by atoms with Gasteiger partial charge in [-0.3, -0.25) is 0 Å². The minimum absolute atomic E-state index is 0.276. The van der Waals surface area contributed by atoms with Crippen molar-refractivity contribution in [2.24, 2.45) is 0 Å². The molecule has 0 N–H and O–H groups in total. The van der Waals surface area contributed by atoms with Crippen LogP contribution in [-0.4, -0.2) is 30.6 Å². The van der Waals surface area contributed by atoms with E-state index in [1.54, 1.807) is 24.3 Å². The normalized spacial score (nSPS) is 22.5. The molecule has 0 amide bonds. The Labute approximate surface area is 112 Å². The molecular weight excluding hydrogens is 358 g/mol. The first-order valence-electron chi connectivity index (χ1n) is 4.90. The quantitative estimate of drug-likeness (QED) is 0.752. The van der Waals surface area contributed by atoms with Gasteiger partial charge in [0.1, 0.15) is 0 Å². The Balaban J connectivity index is 2.29. The Morgan fingerprint density at radius 2 is 1.88 bits per heavy atom. The van der Waals surface area contributed by atoms with Gasteiger partial charge >= 0.3 is 0 Å². The molecule has 0 saturated carbocycles. The van der Waals surface area contributed by atoms with Gasteiger partial charge in [0.15, 0.2) is 0 Å². The van der Waals surface area contributed by atoms with Crippen molar-refractivity contribution in [1.29, 1.82) is 0 Å². The van der Waals surface area contributed by atoms with Crippen LogP contribution in [0.15, 0.2) is 33.6 Å². The lowest BCUT2D eigenvalue weighted by atomic mass is 10.4. The SMILES string of the molecule is O=S(=O)(c1ccc(Br)cc1)N1CCC(Br)C1. The zero-order valence-electron chi connectivity index (χ0n) is 8.44. The summed E-state index contributed by atoms with van der Waals surface area (Å²) in [5.41, 5.74) is 0. The van der Waals surface area contributed by atoms with E-state index in [2.05, 4.69) is 31.9 Å². The van der Waals surface area contributed by atoms with Crippen LogP contribution in [0.3, 0.4) is 0 Å². The Kier molecular flexibility index (Phi) is 3.73. The van der Waals surface area contributed by atoms with Crippen molar-refractivity contribution in [2.45, 2.75) is 16.1 Å². The second-order valence-corrected chi connectivity index (χ2v) is 7.85. The number of alkyl halides is 1. The van der Waals surface area contributed by atoms with Gasteiger partial charge in [-0.05, 0) is 30.7 Å². The van der Waals surface area contributed by atoms with Gasteiger partial charge in [-0.15, -0.1) is 0 Å². The molecule has 1 atom stereocenters. The van der Waals surface area contributed by atoms with Crippen LogP contribution in [0.2, 0.25) is 0 Å². The third-order valence-electron chi connectivity index (χ3n) is 2.54. The molecule has 1 unspecified atom stereocenters. The van der Waals surface area contributed by atoms with Crippen molar-refractivity contribution in [2.75, 3.05) is 13.1 Å². The molecule has 1 aromatic carbocycles. The molecule has 1 aliphatic rings. The van der Waals surface area contributed by atoms with Crippen molar-refractivity contribution in [1.82, 2.24) is 4.31 Å². The van der Waals surface area contributed by atoms with E-state index >= 15 is 0 Å². The number of halogens is 2. The molecule has 1 aliphatic heterocycles. The van der Waals surface area contributed by atoms with Crippen molar-refractivity contribution < 1.29 is 8.42 Å². The summed E-state index contributed by atoms with van der Waals surface area (Å²) in [6.45, 7) is 1.15. The van der Waals surface area contributed by atoms with E-state index in [-0.39, 0.29) is 4.83 Å². The topological polar surface area (TPSA) is 37.4 Å². The molecular formula is C10H11Br2NO2S. The number of hydrogen-bond acceptors (Lipinski definition) is 2. The van der Waals surface area contributed by atoms with Crippen LogP contribution in [0, 0.1) is 0 Å². The summed E-state index contributed by atoms with van der Waals surface area (Å²) in [5, 5.41) is 0. The molecule has 88 valence electrons. The average molecular weight is 369 g/mol. The number of nitrogens with zero attached hydrogens (tertiary/aromatic N) is 1. The van der Waals surface area contributed by atoms with Gasteiger partial charge in [0.05, 0.1) is 4.90 Å². The van der Waals surface area contributed by atoms with E-state index < -0.39 is 10.0 Å². The Bertz CT molecular complexity index is 472. The van der Waals surface area contributed by atoms with Crippen molar-refractivity contribution in [3.05, 3.63) is 28.7 Å². The molecule has 16 heavy (non-hydrogen) atoms. The predicted molar refractivity (Wildman–Crippen MR) is 70.2 cm³/mol. The summed E-state index contributed by atoms with van der Waals surface area (Å²) in [6.07, 6.45) is 0.871. The predicted octanol–water partition coefficient (Wildman–Crippen LogP) is 2.61. The van der Waals surface area contributed by atoms with Crippen molar-refractivity contribution >= 4 is 41.9 Å². The van der Waals surface area contributed by atoms with Gasteiger partial charge < -0.3 is 0 Å². The molecule has 0 aliphatic carbocycles. The van der Waals surface area contributed by atoms with E-state index in [0.29, 0.717) is 18.0 Å². The first-order valence-corrected chi connectivity index (χ1v) is 8.05. The summed E-state index contributed by atoms with van der Waals surface area (Å²) in [4.78, 5) is 0.634. The van der Waals surface area contributed by atoms with E-state index in [0.717, 1.165) is 10.9 Å². The molecule has 3 nitrogen and oxygen atoms in total. The van der Waals surface area contributed by atoms with E-state index in [1.807, 2.05) is 0 Å². The highest BCUT2D eigenvalue weighted by Crippen LogP contribution is 2.25. The summed E-state index contributed by atoms with van der Waals surface area (Å²) >= 11 is 6.73. The fourth-order valence-corrected chi connectivity index (χ4v) is 4.17. The highest BCUT2D eigenvalue weighted by atomic mass is 79.9. The molecule has 1 aromatic rings. The minimum Gasteiger partial charge on any atom is -0.207 e. The first-order chi connectivity index (χ1) is 7.50. The molecule has 1 saturated heterocycles. The smallest absolute Gasteiger partial charge is 0.207 e. The molecule has 0 aromatic heterocycles. The van der Waals surface area contributed by atoms with E-state index in [9.17, 15) is 8.42 Å². The summed E-state index contributed by atoms with van der Waals surface area (Å²) in [5.74, 6) is 0. The van der Waals surface area contributed by atoms with Crippen molar-refractivity contribution in [3.63, 3.8) is 0 Å². The van der Waals surface area contributed by atoms with Gasteiger partial charge in [0.2, 0.25) is 10.0 Å². The average Bonchev–Trinajstić information content (AvgIpc) is 2.66. The lowest BCUT2D eigenvalue weighted by molar-refractivity contribution is 0.478. The fraction of sp³-hybridized carbons (Fsp3) is 0.400. The highest BCUT2D eigenvalue weighted by Gasteiger charge is 2.31. The third kappa shape index (κ3) is 2.50. The third-order valence-corrected chi connectivity index (χ3v) is 5.70. The van der Waals surface area contributed by atoms with Crippen LogP contribution in [0.1, 0.15) is 6.42 Å². The number of benzene rings is 1. The van der Waals surface area contributed by atoms with E-state index in [4.69, 9.17) is 0 Å². The lowest BCUT2D eigenvalue weighted by Gasteiger charge is -2.15. The maximum Gasteiger partial charge on any atom is 0.243 e. The van der Waals surface area contributed by atoms with Gasteiger partial charge in [0, 0.05) is 22.4 Å². The maximum absolute atomic E-state index is 12.2. The van der Waals surface area contributed by atoms with Crippen LogP contribution in [-0.2, 0) is 10.0 Å². The van der Waals surface area contributed by atoms with Crippen LogP contribution in [0.25, 0.3) is 0 Å². The molecule has 0 radical (unpaired) electrons. The van der Waals surface area contributed by atoms with Gasteiger partial charge in [-0.1, -0.05) is 31.9 Å². The largest absolute Gasteiger partial charge is 0.243 e. The second kappa shape index (κ2) is 4.76. The molecule has 2 rings (SSSR count). The maximum atomic E-state index is 12.2. The lowest BCUT2D eigenvalue weighted by Crippen LogP contribution is -2.28. The van der Waals surface area contributed by atoms with E-state index in [1.165, 1.54) is 4.31 Å². The Morgan fingerprint density at radius 1 is 1.25 bits per heavy atom. The van der Waals surface area contributed by atoms with Gasteiger partial charge in [0.25, 0.3) is 0 Å². The van der Waals surface area contributed by atoms with Crippen LogP contribution in [0.5, 0.6) is 0 Å². The van der Waals surface area contributed by atoms with Crippen LogP contribution < -0.4 is 0 Å². The highest BCUT2D eigenvalue weighted by molar-refractivity contribution is 9.10. The molecule has 1 heterocycles. The standard InChI is InChI=1S/C10H11Br2NO2S/c11-8-1-3-10(4-2-8)16(14,15)13-6-5-9(12)7-13/h1-4,9H,5-7H2. The van der Waals surface area contributed by atoms with Crippen LogP contribution in [0.4, 0.5) is 0 Å². The number of hydrogen-bond donors (Lipinski definition) is 0. The van der Waals surface area contributed by atoms with Gasteiger partial charge in [-0.2, -0.15) is 4.31 Å². The number of rotatable bonds is 2. The fourth-order valence-electron chi connectivity index (χ4n) is 1.66. The minimum atomic E-state index is -3.31. The summed E-state index contributed by atoms with van der Waals surface area (Å²) < 4.78 is 26.8. The van der Waals surface area contributed by atoms with Crippen LogP contribution >= 0.6 is 31.9 Å². The Hall–Kier alpha value is 0.0900. The molecule has 0 spiro atoms. The molecule has 1 fully saturated rings. The number of sulfonamides is 1. The monoisotopic (exact) mass is 367 g/mol. The van der Waals surface area contributed by atoms with Gasteiger partial charge in [-0.25, -0.2) is 8.42 Å². The zero-order valence-corrected chi connectivity index (χ0v) is 12.4. The summed E-state index contributed by atoms with van der Waals surface area (Å²) in [7, 11) is -3.31. The Morgan fingerprint density at radius 3 is 2.38 bits per heavy atom. The zero-order chi connectivity index (χ0) is 11.8. The second-order valence-electron chi connectivity index (χ2n) is 3.70. The molecule has 0 bridgehead atoms. The summed E-state index contributed by atoms with van der Waals surface area (Å²) in [6, 6.07) is 6.74. The molecule has 6 heteroatoms.